The van der Waals surface area contributed by atoms with Crippen LogP contribution in [0.4, 0.5) is 13.2 Å². The van der Waals surface area contributed by atoms with E-state index in [1.165, 1.54) is 30.7 Å². The Balaban J connectivity index is 2.06. The molecule has 0 amide bonds. The first kappa shape index (κ1) is 15.9. The van der Waals surface area contributed by atoms with Crippen molar-refractivity contribution >= 4 is 0 Å². The molecule has 3 rings (SSSR count). The summed E-state index contributed by atoms with van der Waals surface area (Å²) in [6.45, 7) is 0. The van der Waals surface area contributed by atoms with Gasteiger partial charge in [-0.2, -0.15) is 13.2 Å². The fourth-order valence-electron chi connectivity index (χ4n) is 2.30. The third-order valence-corrected chi connectivity index (χ3v) is 3.33. The molecule has 0 aliphatic carbocycles. The van der Waals surface area contributed by atoms with E-state index in [0.29, 0.717) is 11.1 Å². The Labute approximate surface area is 136 Å². The average Bonchev–Trinajstić information content (AvgIpc) is 2.60. The Kier molecular flexibility index (Phi) is 4.41. The highest BCUT2D eigenvalue weighted by Crippen LogP contribution is 2.40. The minimum atomic E-state index is -4.60. The van der Waals surface area contributed by atoms with Crippen LogP contribution < -0.4 is 4.74 Å². The van der Waals surface area contributed by atoms with Gasteiger partial charge in [0.1, 0.15) is 6.33 Å². The van der Waals surface area contributed by atoms with E-state index in [1.807, 2.05) is 0 Å². The quantitative estimate of drug-likeness (QED) is 0.718. The molecule has 2 heterocycles. The Hall–Kier alpha value is -2.96. The number of hydrogen-bond acceptors (Lipinski definition) is 4. The molecular formula is C17H12F3N3O. The van der Waals surface area contributed by atoms with Gasteiger partial charge >= 0.3 is 6.18 Å². The first-order chi connectivity index (χ1) is 11.6. The van der Waals surface area contributed by atoms with Crippen molar-refractivity contribution in [1.29, 1.82) is 0 Å². The predicted octanol–water partition coefficient (Wildman–Crippen LogP) is 4.22. The van der Waals surface area contributed by atoms with E-state index < -0.39 is 12.3 Å². The first-order valence-electron chi connectivity index (χ1n) is 7.04. The zero-order valence-corrected chi connectivity index (χ0v) is 12.3. The predicted molar refractivity (Wildman–Crippen MR) is 81.1 cm³/mol. The lowest BCUT2D eigenvalue weighted by Crippen LogP contribution is -2.27. The first-order valence-corrected chi connectivity index (χ1v) is 7.04. The molecule has 0 N–H and O–H groups in total. The Morgan fingerprint density at radius 3 is 2.25 bits per heavy atom. The number of hydrogen-bond donors (Lipinski definition) is 0. The molecule has 0 radical (unpaired) electrons. The van der Waals surface area contributed by atoms with Crippen LogP contribution in [0.3, 0.4) is 0 Å². The van der Waals surface area contributed by atoms with Crippen molar-refractivity contribution in [2.45, 2.75) is 12.3 Å². The van der Waals surface area contributed by atoms with Gasteiger partial charge in [-0.3, -0.25) is 4.98 Å². The number of benzene rings is 1. The molecule has 0 aliphatic rings. The van der Waals surface area contributed by atoms with Crippen LogP contribution in [0.25, 0.3) is 11.1 Å². The molecule has 4 nitrogen and oxygen atoms in total. The van der Waals surface area contributed by atoms with Crippen LogP contribution in [0.1, 0.15) is 11.7 Å². The largest absolute Gasteiger partial charge is 0.460 e. The van der Waals surface area contributed by atoms with Crippen LogP contribution in [-0.4, -0.2) is 21.1 Å². The van der Waals surface area contributed by atoms with E-state index >= 15 is 0 Å². The Bertz CT molecular complexity index is 795. The Morgan fingerprint density at radius 2 is 1.58 bits per heavy atom. The van der Waals surface area contributed by atoms with Gasteiger partial charge in [0.25, 0.3) is 0 Å². The molecule has 7 heteroatoms. The molecule has 0 aliphatic heterocycles. The average molecular weight is 331 g/mol. The van der Waals surface area contributed by atoms with Gasteiger partial charge < -0.3 is 4.74 Å². The molecule has 122 valence electrons. The lowest BCUT2D eigenvalue weighted by molar-refractivity contribution is -0.198. The number of aromatic nitrogens is 3. The second-order valence-electron chi connectivity index (χ2n) is 4.91. The normalized spacial score (nSPS) is 12.6. The van der Waals surface area contributed by atoms with Gasteiger partial charge in [0.05, 0.1) is 0 Å². The number of rotatable bonds is 4. The topological polar surface area (TPSA) is 47.9 Å². The van der Waals surface area contributed by atoms with Crippen molar-refractivity contribution in [2.75, 3.05) is 0 Å². The van der Waals surface area contributed by atoms with Crippen molar-refractivity contribution in [3.05, 3.63) is 72.9 Å². The summed E-state index contributed by atoms with van der Waals surface area (Å²) in [4.78, 5) is 11.3. The number of pyridine rings is 1. The third-order valence-electron chi connectivity index (χ3n) is 3.33. The van der Waals surface area contributed by atoms with Gasteiger partial charge in [-0.15, -0.1) is 0 Å². The monoisotopic (exact) mass is 331 g/mol. The van der Waals surface area contributed by atoms with Crippen molar-refractivity contribution in [2.24, 2.45) is 0 Å². The molecule has 24 heavy (non-hydrogen) atoms. The summed E-state index contributed by atoms with van der Waals surface area (Å²) in [5.74, 6) is -0.142. The SMILES string of the molecule is FC(F)(F)C(Oc1ccncn1)c1ccccc1-c1ccncc1. The summed E-state index contributed by atoms with van der Waals surface area (Å²) in [7, 11) is 0. The van der Waals surface area contributed by atoms with Gasteiger partial charge in [0.15, 0.2) is 0 Å². The van der Waals surface area contributed by atoms with Gasteiger partial charge in [-0.1, -0.05) is 24.3 Å². The number of ether oxygens (including phenoxy) is 1. The van der Waals surface area contributed by atoms with Crippen LogP contribution >= 0.6 is 0 Å². The van der Waals surface area contributed by atoms with Crippen LogP contribution in [-0.2, 0) is 0 Å². The third kappa shape index (κ3) is 3.51. The minimum Gasteiger partial charge on any atom is -0.460 e. The van der Waals surface area contributed by atoms with Crippen molar-refractivity contribution < 1.29 is 17.9 Å². The van der Waals surface area contributed by atoms with Crippen LogP contribution in [0.15, 0.2) is 67.4 Å². The van der Waals surface area contributed by atoms with E-state index in [-0.39, 0.29) is 11.4 Å². The zero-order valence-electron chi connectivity index (χ0n) is 12.3. The van der Waals surface area contributed by atoms with E-state index in [2.05, 4.69) is 15.0 Å². The Morgan fingerprint density at radius 1 is 0.875 bits per heavy atom. The molecular weight excluding hydrogens is 319 g/mol. The van der Waals surface area contributed by atoms with Gasteiger partial charge in [0.2, 0.25) is 12.0 Å². The summed E-state index contributed by atoms with van der Waals surface area (Å²) in [5.41, 5.74) is 1.06. The van der Waals surface area contributed by atoms with E-state index in [4.69, 9.17) is 4.74 Å². The van der Waals surface area contributed by atoms with Crippen LogP contribution in [0.5, 0.6) is 5.88 Å². The van der Waals surface area contributed by atoms with E-state index in [1.54, 1.807) is 30.3 Å². The molecule has 2 aromatic heterocycles. The zero-order chi connectivity index (χ0) is 17.0. The van der Waals surface area contributed by atoms with Gasteiger partial charge in [-0.05, 0) is 23.3 Å². The smallest absolute Gasteiger partial charge is 0.429 e. The maximum atomic E-state index is 13.6. The molecule has 1 unspecified atom stereocenters. The maximum Gasteiger partial charge on any atom is 0.429 e. The molecule has 0 fully saturated rings. The summed E-state index contributed by atoms with van der Waals surface area (Å²) < 4.78 is 46.0. The van der Waals surface area contributed by atoms with Crippen molar-refractivity contribution in [3.63, 3.8) is 0 Å². The number of halogens is 3. The number of alkyl halides is 3. The van der Waals surface area contributed by atoms with Gasteiger partial charge in [0, 0.05) is 30.2 Å². The highest BCUT2D eigenvalue weighted by molar-refractivity contribution is 5.67. The lowest BCUT2D eigenvalue weighted by atomic mass is 9.96. The van der Waals surface area contributed by atoms with Crippen LogP contribution in [0, 0.1) is 0 Å². The summed E-state index contributed by atoms with van der Waals surface area (Å²) in [6.07, 6.45) is -1.23. The highest BCUT2D eigenvalue weighted by Gasteiger charge is 2.44. The van der Waals surface area contributed by atoms with E-state index in [9.17, 15) is 13.2 Å². The molecule has 0 bridgehead atoms. The summed E-state index contributed by atoms with van der Waals surface area (Å²) in [5, 5.41) is 0. The molecule has 0 spiro atoms. The fourth-order valence-corrected chi connectivity index (χ4v) is 2.30. The molecule has 0 saturated carbocycles. The lowest BCUT2D eigenvalue weighted by Gasteiger charge is -2.23. The second kappa shape index (κ2) is 6.66. The second-order valence-corrected chi connectivity index (χ2v) is 4.91. The molecule has 3 aromatic rings. The maximum absolute atomic E-state index is 13.6. The van der Waals surface area contributed by atoms with Gasteiger partial charge in [-0.25, -0.2) is 9.97 Å². The fraction of sp³-hybridized carbons (Fsp3) is 0.118. The van der Waals surface area contributed by atoms with Crippen molar-refractivity contribution in [3.8, 4) is 17.0 Å². The highest BCUT2D eigenvalue weighted by atomic mass is 19.4. The molecule has 1 aromatic carbocycles. The molecule has 0 saturated heterocycles. The minimum absolute atomic E-state index is 0.00909. The van der Waals surface area contributed by atoms with Crippen LogP contribution in [0.2, 0.25) is 0 Å². The standard InChI is InChI=1S/C17H12F3N3O/c18-17(19,20)16(24-15-7-10-22-11-23-15)14-4-2-1-3-13(14)12-5-8-21-9-6-12/h1-11,16H. The summed E-state index contributed by atoms with van der Waals surface area (Å²) >= 11 is 0. The summed E-state index contributed by atoms with van der Waals surface area (Å²) in [6, 6.07) is 10.8. The van der Waals surface area contributed by atoms with E-state index in [0.717, 1.165) is 6.33 Å². The number of nitrogens with zero attached hydrogens (tertiary/aromatic N) is 3. The van der Waals surface area contributed by atoms with Crippen molar-refractivity contribution in [1.82, 2.24) is 15.0 Å². The molecule has 1 atom stereocenters.